The molecular weight excluding hydrogens is 464 g/mol. The standard InChI is InChI=1S/C26H44N4O4S/c1-25(2,3)34-24(31)28-22-15-16-30(18-22)23-13-11-20(12-14-23)27-17-19-7-9-21(10-8-19)29-35(32,33)26(4,5)6/h11-14,19,21-22,27,29H,7-10,15-18H2,1-6H3,(H,28,31)/t19-,21-,22?. The van der Waals surface area contributed by atoms with Crippen molar-refractivity contribution in [3.05, 3.63) is 24.3 Å². The molecule has 1 saturated heterocycles. The zero-order valence-corrected chi connectivity index (χ0v) is 23.0. The van der Waals surface area contributed by atoms with Crippen LogP contribution in [0.15, 0.2) is 24.3 Å². The second kappa shape index (κ2) is 10.9. The normalized spacial score (nSPS) is 23.7. The maximum atomic E-state index is 12.4. The molecule has 1 amide bonds. The molecular formula is C26H44N4O4S. The summed E-state index contributed by atoms with van der Waals surface area (Å²) in [5, 5.41) is 6.52. The van der Waals surface area contributed by atoms with Gasteiger partial charge in [-0.05, 0) is 104 Å². The summed E-state index contributed by atoms with van der Waals surface area (Å²) in [7, 11) is -3.29. The molecule has 2 fully saturated rings. The minimum absolute atomic E-state index is 0.0452. The number of nitrogens with zero attached hydrogens (tertiary/aromatic N) is 1. The van der Waals surface area contributed by atoms with E-state index in [-0.39, 0.29) is 18.2 Å². The van der Waals surface area contributed by atoms with Crippen molar-refractivity contribution in [3.63, 3.8) is 0 Å². The van der Waals surface area contributed by atoms with Crippen LogP contribution in [0.2, 0.25) is 0 Å². The number of alkyl carbamates (subject to hydrolysis) is 1. The van der Waals surface area contributed by atoms with Gasteiger partial charge in [0.05, 0.1) is 10.8 Å². The van der Waals surface area contributed by atoms with Crippen LogP contribution in [0, 0.1) is 5.92 Å². The van der Waals surface area contributed by atoms with E-state index >= 15 is 0 Å². The number of rotatable bonds is 7. The molecule has 3 rings (SSSR count). The van der Waals surface area contributed by atoms with Crippen LogP contribution in [0.25, 0.3) is 0 Å². The van der Waals surface area contributed by atoms with Crippen LogP contribution in [-0.2, 0) is 14.8 Å². The van der Waals surface area contributed by atoms with Gasteiger partial charge in [-0.15, -0.1) is 0 Å². The third-order valence-corrected chi connectivity index (χ3v) is 8.97. The maximum absolute atomic E-state index is 12.4. The van der Waals surface area contributed by atoms with Gasteiger partial charge in [-0.1, -0.05) is 0 Å². The van der Waals surface area contributed by atoms with Gasteiger partial charge in [0.2, 0.25) is 10.0 Å². The number of anilines is 2. The lowest BCUT2D eigenvalue weighted by atomic mass is 9.86. The molecule has 35 heavy (non-hydrogen) atoms. The predicted octanol–water partition coefficient (Wildman–Crippen LogP) is 4.48. The Morgan fingerprint density at radius 2 is 1.60 bits per heavy atom. The van der Waals surface area contributed by atoms with Gasteiger partial charge < -0.3 is 20.3 Å². The molecule has 0 spiro atoms. The zero-order chi connectivity index (χ0) is 25.9. The van der Waals surface area contributed by atoms with Gasteiger partial charge >= 0.3 is 6.09 Å². The fourth-order valence-electron chi connectivity index (χ4n) is 4.52. The van der Waals surface area contributed by atoms with Gasteiger partial charge in [0, 0.05) is 37.1 Å². The smallest absolute Gasteiger partial charge is 0.407 e. The fraction of sp³-hybridized carbons (Fsp3) is 0.731. The molecule has 198 valence electrons. The largest absolute Gasteiger partial charge is 0.444 e. The van der Waals surface area contributed by atoms with Gasteiger partial charge in [-0.2, -0.15) is 0 Å². The van der Waals surface area contributed by atoms with E-state index in [1.165, 1.54) is 0 Å². The highest BCUT2D eigenvalue weighted by molar-refractivity contribution is 7.90. The molecule has 0 radical (unpaired) electrons. The van der Waals surface area contributed by atoms with E-state index in [1.807, 2.05) is 20.8 Å². The van der Waals surface area contributed by atoms with Crippen molar-refractivity contribution in [3.8, 4) is 0 Å². The highest BCUT2D eigenvalue weighted by Crippen LogP contribution is 2.28. The number of hydrogen-bond donors (Lipinski definition) is 3. The summed E-state index contributed by atoms with van der Waals surface area (Å²) in [5.74, 6) is 0.545. The van der Waals surface area contributed by atoms with Crippen LogP contribution >= 0.6 is 0 Å². The van der Waals surface area contributed by atoms with E-state index in [1.54, 1.807) is 20.8 Å². The molecule has 1 aromatic carbocycles. The molecule has 1 aromatic rings. The number of nitrogens with one attached hydrogen (secondary N) is 3. The van der Waals surface area contributed by atoms with E-state index < -0.39 is 20.4 Å². The summed E-state index contributed by atoms with van der Waals surface area (Å²) < 4.78 is 32.3. The van der Waals surface area contributed by atoms with E-state index in [0.717, 1.165) is 63.1 Å². The molecule has 1 saturated carbocycles. The lowest BCUT2D eigenvalue weighted by Gasteiger charge is -2.31. The quantitative estimate of drug-likeness (QED) is 0.502. The first-order valence-electron chi connectivity index (χ1n) is 12.8. The average molecular weight is 509 g/mol. The molecule has 1 heterocycles. The van der Waals surface area contributed by atoms with Crippen molar-refractivity contribution >= 4 is 27.5 Å². The van der Waals surface area contributed by atoms with Crippen LogP contribution in [-0.4, -0.2) is 56.6 Å². The van der Waals surface area contributed by atoms with Crippen molar-refractivity contribution in [2.24, 2.45) is 5.92 Å². The Kier molecular flexibility index (Phi) is 8.63. The summed E-state index contributed by atoms with van der Waals surface area (Å²) in [6, 6.07) is 8.59. The van der Waals surface area contributed by atoms with Gasteiger partial charge in [0.1, 0.15) is 5.60 Å². The van der Waals surface area contributed by atoms with Crippen LogP contribution < -0.4 is 20.3 Å². The van der Waals surface area contributed by atoms with Crippen LogP contribution in [0.1, 0.15) is 73.6 Å². The van der Waals surface area contributed by atoms with Gasteiger partial charge in [-0.3, -0.25) is 0 Å². The monoisotopic (exact) mass is 508 g/mol. The molecule has 3 N–H and O–H groups in total. The third-order valence-electron chi connectivity index (χ3n) is 6.71. The lowest BCUT2D eigenvalue weighted by molar-refractivity contribution is 0.0509. The third kappa shape index (κ3) is 8.27. The summed E-state index contributed by atoms with van der Waals surface area (Å²) >= 11 is 0. The molecule has 1 unspecified atom stereocenters. The molecule has 0 bridgehead atoms. The van der Waals surface area contributed by atoms with E-state index in [0.29, 0.717) is 5.92 Å². The lowest BCUT2D eigenvalue weighted by Crippen LogP contribution is -2.46. The van der Waals surface area contributed by atoms with Crippen molar-refractivity contribution in [2.75, 3.05) is 29.9 Å². The van der Waals surface area contributed by atoms with Gasteiger partial charge in [-0.25, -0.2) is 17.9 Å². The first kappa shape index (κ1) is 27.6. The maximum Gasteiger partial charge on any atom is 0.407 e. The molecule has 8 nitrogen and oxygen atoms in total. The molecule has 1 aliphatic carbocycles. The number of carbonyl (C=O) groups is 1. The Hall–Kier alpha value is -2.00. The highest BCUT2D eigenvalue weighted by atomic mass is 32.2. The Bertz CT molecular complexity index is 943. The van der Waals surface area contributed by atoms with Crippen molar-refractivity contribution in [1.82, 2.24) is 10.0 Å². The number of amides is 1. The number of ether oxygens (including phenoxy) is 1. The molecule has 0 aromatic heterocycles. The Balaban J connectivity index is 1.40. The molecule has 2 aliphatic rings. The first-order chi connectivity index (χ1) is 16.2. The van der Waals surface area contributed by atoms with Crippen molar-refractivity contribution in [1.29, 1.82) is 0 Å². The van der Waals surface area contributed by atoms with Crippen molar-refractivity contribution < 1.29 is 17.9 Å². The number of hydrogen-bond acceptors (Lipinski definition) is 6. The minimum Gasteiger partial charge on any atom is -0.444 e. The highest BCUT2D eigenvalue weighted by Gasteiger charge is 2.33. The van der Waals surface area contributed by atoms with E-state index in [9.17, 15) is 13.2 Å². The Labute approximate surface area is 211 Å². The second-order valence-corrected chi connectivity index (χ2v) is 14.4. The topological polar surface area (TPSA) is 99.8 Å². The fourth-order valence-corrected chi connectivity index (χ4v) is 5.55. The second-order valence-electron chi connectivity index (χ2n) is 12.0. The average Bonchev–Trinajstić information content (AvgIpc) is 3.19. The predicted molar refractivity (Wildman–Crippen MR) is 142 cm³/mol. The van der Waals surface area contributed by atoms with E-state index in [2.05, 4.69) is 44.5 Å². The molecule has 1 atom stereocenters. The summed E-state index contributed by atoms with van der Waals surface area (Å²) in [6.07, 6.45) is 4.34. The minimum atomic E-state index is -3.29. The SMILES string of the molecule is CC(C)(C)OC(=O)NC1CCN(c2ccc(NC[C@H]3CC[C@H](NS(=O)(=O)C(C)(C)C)CC3)cc2)C1. The first-order valence-corrected chi connectivity index (χ1v) is 14.3. The van der Waals surface area contributed by atoms with Crippen LogP contribution in [0.4, 0.5) is 16.2 Å². The summed E-state index contributed by atoms with van der Waals surface area (Å²) in [4.78, 5) is 14.3. The summed E-state index contributed by atoms with van der Waals surface area (Å²) in [6.45, 7) is 13.4. The van der Waals surface area contributed by atoms with Crippen LogP contribution in [0.5, 0.6) is 0 Å². The van der Waals surface area contributed by atoms with Gasteiger partial charge in [0.25, 0.3) is 0 Å². The molecule has 1 aliphatic heterocycles. The summed E-state index contributed by atoms with van der Waals surface area (Å²) in [5.41, 5.74) is 1.75. The van der Waals surface area contributed by atoms with Crippen molar-refractivity contribution in [2.45, 2.75) is 96.1 Å². The van der Waals surface area contributed by atoms with Gasteiger partial charge in [0.15, 0.2) is 0 Å². The number of carbonyl (C=O) groups excluding carboxylic acids is 1. The van der Waals surface area contributed by atoms with E-state index in [4.69, 9.17) is 4.74 Å². The number of sulfonamides is 1. The Morgan fingerprint density at radius 3 is 2.17 bits per heavy atom. The molecule has 9 heteroatoms. The van der Waals surface area contributed by atoms with Crippen LogP contribution in [0.3, 0.4) is 0 Å². The Morgan fingerprint density at radius 1 is 0.971 bits per heavy atom. The number of benzene rings is 1. The zero-order valence-electron chi connectivity index (χ0n) is 22.2.